The molecule has 1 aromatic carbocycles. The second-order valence-electron chi connectivity index (χ2n) is 6.27. The van der Waals surface area contributed by atoms with Crippen molar-refractivity contribution in [3.05, 3.63) is 28.7 Å². The number of thioether (sulfide) groups is 1. The predicted octanol–water partition coefficient (Wildman–Crippen LogP) is 4.48. The van der Waals surface area contributed by atoms with E-state index in [1.807, 2.05) is 11.8 Å². The first-order valence-electron chi connectivity index (χ1n) is 7.91. The second-order valence-corrected chi connectivity index (χ2v) is 8.19. The first-order valence-corrected chi connectivity index (χ1v) is 9.69. The number of ether oxygens (including phenoxy) is 1. The van der Waals surface area contributed by atoms with Crippen LogP contribution in [0.15, 0.2) is 33.6 Å². The van der Waals surface area contributed by atoms with E-state index in [0.717, 1.165) is 18.3 Å². The Hall–Kier alpha value is -0.0300. The molecule has 1 aromatic rings. The fourth-order valence-electron chi connectivity index (χ4n) is 3.53. The maximum Gasteiger partial charge on any atom is 0.0685 e. The minimum absolute atomic E-state index is 0.246. The van der Waals surface area contributed by atoms with Crippen molar-refractivity contribution < 1.29 is 4.74 Å². The van der Waals surface area contributed by atoms with E-state index in [1.54, 1.807) is 0 Å². The molecule has 1 aliphatic carbocycles. The number of hydrogen-bond donors (Lipinski definition) is 1. The van der Waals surface area contributed by atoms with Crippen LogP contribution in [0.1, 0.15) is 32.1 Å². The molecule has 2 fully saturated rings. The summed E-state index contributed by atoms with van der Waals surface area (Å²) in [6.45, 7) is 0.947. The topological polar surface area (TPSA) is 21.3 Å². The van der Waals surface area contributed by atoms with Gasteiger partial charge < -0.3 is 10.1 Å². The highest BCUT2D eigenvalue weighted by atomic mass is 79.9. The van der Waals surface area contributed by atoms with Gasteiger partial charge in [0, 0.05) is 27.8 Å². The van der Waals surface area contributed by atoms with Crippen molar-refractivity contribution in [1.82, 2.24) is 5.32 Å². The molecule has 2 unspecified atom stereocenters. The Morgan fingerprint density at radius 3 is 2.90 bits per heavy atom. The standard InChI is InChI=1S/C17H24BrNOS/c1-19-15(12-21-16-6-3-2-5-14(16)18)13-7-10-20-17(11-13)8-4-9-17/h2-3,5-6,13,15,19H,4,7-12H2,1H3. The van der Waals surface area contributed by atoms with Gasteiger partial charge in [-0.2, -0.15) is 0 Å². The molecule has 1 spiro atoms. The molecule has 4 heteroatoms. The highest BCUT2D eigenvalue weighted by Gasteiger charge is 2.44. The smallest absolute Gasteiger partial charge is 0.0685 e. The molecular weight excluding hydrogens is 346 g/mol. The van der Waals surface area contributed by atoms with Crippen LogP contribution in [-0.2, 0) is 4.74 Å². The lowest BCUT2D eigenvalue weighted by molar-refractivity contribution is -0.146. The van der Waals surface area contributed by atoms with Crippen LogP contribution in [0.2, 0.25) is 0 Å². The van der Waals surface area contributed by atoms with Crippen molar-refractivity contribution in [1.29, 1.82) is 0 Å². The lowest BCUT2D eigenvalue weighted by Gasteiger charge is -2.48. The van der Waals surface area contributed by atoms with Crippen molar-refractivity contribution in [3.63, 3.8) is 0 Å². The minimum Gasteiger partial charge on any atom is -0.375 e. The van der Waals surface area contributed by atoms with E-state index in [1.165, 1.54) is 41.5 Å². The molecule has 1 aliphatic heterocycles. The summed E-state index contributed by atoms with van der Waals surface area (Å²) >= 11 is 5.59. The van der Waals surface area contributed by atoms with Crippen LogP contribution in [0.5, 0.6) is 0 Å². The predicted molar refractivity (Wildman–Crippen MR) is 93.0 cm³/mol. The highest BCUT2D eigenvalue weighted by Crippen LogP contribution is 2.45. The zero-order valence-electron chi connectivity index (χ0n) is 12.6. The van der Waals surface area contributed by atoms with Crippen LogP contribution in [0, 0.1) is 5.92 Å². The third-order valence-electron chi connectivity index (χ3n) is 4.99. The second kappa shape index (κ2) is 7.03. The molecule has 0 radical (unpaired) electrons. The number of rotatable bonds is 5. The molecule has 116 valence electrons. The van der Waals surface area contributed by atoms with Gasteiger partial charge >= 0.3 is 0 Å². The van der Waals surface area contributed by atoms with Gasteiger partial charge in [0.2, 0.25) is 0 Å². The average molecular weight is 370 g/mol. The van der Waals surface area contributed by atoms with Gasteiger partial charge in [-0.3, -0.25) is 0 Å². The van der Waals surface area contributed by atoms with Crippen LogP contribution in [0.4, 0.5) is 0 Å². The molecule has 2 atom stereocenters. The van der Waals surface area contributed by atoms with Gasteiger partial charge in [0.15, 0.2) is 0 Å². The summed E-state index contributed by atoms with van der Waals surface area (Å²) in [7, 11) is 2.11. The highest BCUT2D eigenvalue weighted by molar-refractivity contribution is 9.10. The fourth-order valence-corrected chi connectivity index (χ4v) is 5.33. The van der Waals surface area contributed by atoms with Crippen molar-refractivity contribution in [2.75, 3.05) is 19.4 Å². The summed E-state index contributed by atoms with van der Waals surface area (Å²) in [6.07, 6.45) is 6.34. The zero-order chi connectivity index (χ0) is 14.7. The molecule has 1 N–H and O–H groups in total. The Balaban J connectivity index is 1.58. The van der Waals surface area contributed by atoms with Gasteiger partial charge in [0.1, 0.15) is 0 Å². The maximum atomic E-state index is 6.07. The van der Waals surface area contributed by atoms with E-state index >= 15 is 0 Å². The molecule has 2 aliphatic rings. The molecular formula is C17H24BrNOS. The summed E-state index contributed by atoms with van der Waals surface area (Å²) in [6, 6.07) is 9.07. The van der Waals surface area contributed by atoms with Gasteiger partial charge in [0.05, 0.1) is 5.60 Å². The van der Waals surface area contributed by atoms with Crippen LogP contribution in [0.3, 0.4) is 0 Å². The molecule has 0 bridgehead atoms. The summed E-state index contributed by atoms with van der Waals surface area (Å²) < 4.78 is 7.27. The zero-order valence-corrected chi connectivity index (χ0v) is 15.0. The van der Waals surface area contributed by atoms with E-state index < -0.39 is 0 Å². The van der Waals surface area contributed by atoms with Crippen molar-refractivity contribution in [2.45, 2.75) is 48.6 Å². The third kappa shape index (κ3) is 3.66. The first-order chi connectivity index (χ1) is 10.2. The van der Waals surface area contributed by atoms with E-state index in [4.69, 9.17) is 4.74 Å². The fraction of sp³-hybridized carbons (Fsp3) is 0.647. The van der Waals surface area contributed by atoms with E-state index in [-0.39, 0.29) is 5.60 Å². The Kier molecular flexibility index (Phi) is 5.31. The number of benzene rings is 1. The van der Waals surface area contributed by atoms with Crippen LogP contribution >= 0.6 is 27.7 Å². The summed E-state index contributed by atoms with van der Waals surface area (Å²) in [5.74, 6) is 1.87. The van der Waals surface area contributed by atoms with E-state index in [9.17, 15) is 0 Å². The lowest BCUT2D eigenvalue weighted by Crippen LogP contribution is -2.50. The van der Waals surface area contributed by atoms with Gasteiger partial charge in [-0.15, -0.1) is 11.8 Å². The van der Waals surface area contributed by atoms with Gasteiger partial charge in [-0.25, -0.2) is 0 Å². The van der Waals surface area contributed by atoms with Crippen LogP contribution in [-0.4, -0.2) is 31.1 Å². The molecule has 3 rings (SSSR count). The van der Waals surface area contributed by atoms with E-state index in [2.05, 4.69) is 52.6 Å². The number of halogens is 1. The molecule has 0 aromatic heterocycles. The Bertz CT molecular complexity index is 478. The van der Waals surface area contributed by atoms with Crippen molar-refractivity contribution in [3.8, 4) is 0 Å². The largest absolute Gasteiger partial charge is 0.375 e. The quantitative estimate of drug-likeness (QED) is 0.773. The normalized spacial score (nSPS) is 25.5. The van der Waals surface area contributed by atoms with Crippen LogP contribution in [0.25, 0.3) is 0 Å². The lowest BCUT2D eigenvalue weighted by atomic mass is 9.70. The molecule has 2 nitrogen and oxygen atoms in total. The third-order valence-corrected chi connectivity index (χ3v) is 7.14. The SMILES string of the molecule is CNC(CSc1ccccc1Br)C1CCOC2(CCC2)C1. The number of hydrogen-bond acceptors (Lipinski definition) is 3. The van der Waals surface area contributed by atoms with Gasteiger partial charge in [-0.05, 0) is 73.1 Å². The maximum absolute atomic E-state index is 6.07. The van der Waals surface area contributed by atoms with Gasteiger partial charge in [-0.1, -0.05) is 12.1 Å². The number of nitrogens with one attached hydrogen (secondary N) is 1. The summed E-state index contributed by atoms with van der Waals surface area (Å²) in [5, 5.41) is 3.56. The first kappa shape index (κ1) is 15.9. The Morgan fingerprint density at radius 1 is 1.43 bits per heavy atom. The molecule has 21 heavy (non-hydrogen) atoms. The molecule has 1 heterocycles. The molecule has 0 amide bonds. The monoisotopic (exact) mass is 369 g/mol. The summed E-state index contributed by atoms with van der Waals surface area (Å²) in [4.78, 5) is 1.34. The minimum atomic E-state index is 0.246. The molecule has 1 saturated carbocycles. The average Bonchev–Trinajstić information content (AvgIpc) is 2.48. The van der Waals surface area contributed by atoms with Crippen molar-refractivity contribution in [2.24, 2.45) is 5.92 Å². The van der Waals surface area contributed by atoms with E-state index in [0.29, 0.717) is 6.04 Å². The van der Waals surface area contributed by atoms with Gasteiger partial charge in [0.25, 0.3) is 0 Å². The molecule has 1 saturated heterocycles. The Labute approximate surface area is 140 Å². The van der Waals surface area contributed by atoms with Crippen molar-refractivity contribution >= 4 is 27.7 Å². The summed E-state index contributed by atoms with van der Waals surface area (Å²) in [5.41, 5.74) is 0.246. The van der Waals surface area contributed by atoms with Crippen LogP contribution < -0.4 is 5.32 Å². The Morgan fingerprint density at radius 2 is 2.24 bits per heavy atom.